The molecule has 0 aromatic carbocycles. The fraction of sp³-hybridized carbons (Fsp3) is 0.917. The summed E-state index contributed by atoms with van der Waals surface area (Å²) in [6.07, 6.45) is 2.38. The number of unbranched alkanes of at least 4 members (excludes halogenated alkanes) is 1. The van der Waals surface area contributed by atoms with Gasteiger partial charge in [-0.3, -0.25) is 4.79 Å². The maximum atomic E-state index is 11.3. The van der Waals surface area contributed by atoms with E-state index in [2.05, 4.69) is 4.74 Å². The molecule has 0 saturated heterocycles. The number of carbonyl (C=O) groups excluding carboxylic acids is 1. The summed E-state index contributed by atoms with van der Waals surface area (Å²) in [5, 5.41) is 0. The van der Waals surface area contributed by atoms with Gasteiger partial charge in [0.05, 0.1) is 12.7 Å². The topological polar surface area (TPSA) is 61.5 Å². The molecule has 0 aromatic rings. The fourth-order valence-corrected chi connectivity index (χ4v) is 1.31. The van der Waals surface area contributed by atoms with Crippen molar-refractivity contribution in [2.24, 2.45) is 5.73 Å². The highest BCUT2D eigenvalue weighted by atomic mass is 16.5. The molecule has 0 aliphatic heterocycles. The average Bonchev–Trinajstić information content (AvgIpc) is 2.14. The molecule has 0 saturated carbocycles. The van der Waals surface area contributed by atoms with E-state index in [0.29, 0.717) is 13.0 Å². The monoisotopic (exact) mass is 231 g/mol. The van der Waals surface area contributed by atoms with Gasteiger partial charge in [0.15, 0.2) is 0 Å². The quantitative estimate of drug-likeness (QED) is 0.560. The van der Waals surface area contributed by atoms with Crippen LogP contribution in [-0.2, 0) is 14.3 Å². The van der Waals surface area contributed by atoms with E-state index in [1.807, 2.05) is 20.8 Å². The van der Waals surface area contributed by atoms with Crippen molar-refractivity contribution in [2.75, 3.05) is 13.7 Å². The lowest BCUT2D eigenvalue weighted by molar-refractivity contribution is -0.146. The normalized spacial score (nSPS) is 15.6. The van der Waals surface area contributed by atoms with Gasteiger partial charge in [0, 0.05) is 6.61 Å². The molecule has 0 radical (unpaired) electrons. The van der Waals surface area contributed by atoms with E-state index in [1.54, 1.807) is 6.92 Å². The lowest BCUT2D eigenvalue weighted by atomic mass is 9.96. The average molecular weight is 231 g/mol. The lowest BCUT2D eigenvalue weighted by Gasteiger charge is -2.22. The second-order valence-electron chi connectivity index (χ2n) is 5.33. The highest BCUT2D eigenvalue weighted by molar-refractivity contribution is 5.79. The molecule has 0 aliphatic carbocycles. The third-order valence-electron chi connectivity index (χ3n) is 2.28. The summed E-state index contributed by atoms with van der Waals surface area (Å²) in [4.78, 5) is 11.3. The molecule has 1 atom stereocenters. The van der Waals surface area contributed by atoms with E-state index in [0.717, 1.165) is 12.8 Å². The van der Waals surface area contributed by atoms with Gasteiger partial charge in [-0.05, 0) is 47.0 Å². The molecule has 2 N–H and O–H groups in total. The van der Waals surface area contributed by atoms with Gasteiger partial charge in [-0.1, -0.05) is 0 Å². The summed E-state index contributed by atoms with van der Waals surface area (Å²) in [6.45, 7) is 8.46. The fourth-order valence-electron chi connectivity index (χ4n) is 1.31. The number of methoxy groups -OCH3 is 1. The van der Waals surface area contributed by atoms with Gasteiger partial charge in [0.1, 0.15) is 5.54 Å². The first-order valence-corrected chi connectivity index (χ1v) is 5.70. The molecule has 1 unspecified atom stereocenters. The molecule has 0 aliphatic rings. The Morgan fingerprint density at radius 3 is 2.19 bits per heavy atom. The SMILES string of the molecule is COC(=O)C(C)(N)CCCCOC(C)(C)C. The van der Waals surface area contributed by atoms with Crippen molar-refractivity contribution >= 4 is 5.97 Å². The zero-order valence-electron chi connectivity index (χ0n) is 11.1. The molecule has 16 heavy (non-hydrogen) atoms. The largest absolute Gasteiger partial charge is 0.468 e. The van der Waals surface area contributed by atoms with Crippen LogP contribution in [0.2, 0.25) is 0 Å². The van der Waals surface area contributed by atoms with Gasteiger partial charge in [-0.15, -0.1) is 0 Å². The van der Waals surface area contributed by atoms with E-state index in [-0.39, 0.29) is 11.6 Å². The molecule has 0 fully saturated rings. The molecule has 0 rings (SSSR count). The van der Waals surface area contributed by atoms with Crippen LogP contribution in [0.4, 0.5) is 0 Å². The van der Waals surface area contributed by atoms with Gasteiger partial charge < -0.3 is 15.2 Å². The number of hydrogen-bond acceptors (Lipinski definition) is 4. The number of rotatable bonds is 6. The van der Waals surface area contributed by atoms with E-state index in [9.17, 15) is 4.79 Å². The van der Waals surface area contributed by atoms with E-state index in [4.69, 9.17) is 10.5 Å². The Morgan fingerprint density at radius 1 is 1.19 bits per heavy atom. The van der Waals surface area contributed by atoms with E-state index < -0.39 is 5.54 Å². The number of esters is 1. The molecular weight excluding hydrogens is 206 g/mol. The van der Waals surface area contributed by atoms with Crippen molar-refractivity contribution in [1.29, 1.82) is 0 Å². The predicted octanol–water partition coefficient (Wildman–Crippen LogP) is 1.86. The van der Waals surface area contributed by atoms with Gasteiger partial charge >= 0.3 is 5.97 Å². The van der Waals surface area contributed by atoms with Crippen LogP contribution < -0.4 is 5.73 Å². The Hall–Kier alpha value is -0.610. The Balaban J connectivity index is 3.70. The van der Waals surface area contributed by atoms with Crippen molar-refractivity contribution in [2.45, 2.75) is 58.1 Å². The zero-order valence-corrected chi connectivity index (χ0v) is 11.1. The summed E-state index contributed by atoms with van der Waals surface area (Å²) >= 11 is 0. The molecule has 96 valence electrons. The second-order valence-corrected chi connectivity index (χ2v) is 5.33. The number of nitrogens with two attached hydrogens (primary N) is 1. The van der Waals surface area contributed by atoms with Crippen molar-refractivity contribution in [3.63, 3.8) is 0 Å². The first-order chi connectivity index (χ1) is 7.19. The highest BCUT2D eigenvalue weighted by Crippen LogP contribution is 2.14. The van der Waals surface area contributed by atoms with Crippen molar-refractivity contribution in [3.05, 3.63) is 0 Å². The van der Waals surface area contributed by atoms with Crippen LogP contribution in [0.3, 0.4) is 0 Å². The molecule has 0 aromatic heterocycles. The first kappa shape index (κ1) is 15.4. The summed E-state index contributed by atoms with van der Waals surface area (Å²) < 4.78 is 10.2. The van der Waals surface area contributed by atoms with Crippen LogP contribution in [0.25, 0.3) is 0 Å². The van der Waals surface area contributed by atoms with Crippen LogP contribution >= 0.6 is 0 Å². The molecule has 0 heterocycles. The van der Waals surface area contributed by atoms with Crippen molar-refractivity contribution in [3.8, 4) is 0 Å². The minimum atomic E-state index is -0.878. The van der Waals surface area contributed by atoms with Gasteiger partial charge in [-0.25, -0.2) is 0 Å². The molecule has 0 bridgehead atoms. The molecule has 0 amide bonds. The summed E-state index contributed by atoms with van der Waals surface area (Å²) in [7, 11) is 1.36. The molecule has 0 spiro atoms. The Kier molecular flexibility index (Phi) is 5.97. The zero-order chi connectivity index (χ0) is 12.8. The summed E-state index contributed by atoms with van der Waals surface area (Å²) in [6, 6.07) is 0. The number of ether oxygens (including phenoxy) is 2. The lowest BCUT2D eigenvalue weighted by Crippen LogP contribution is -2.45. The van der Waals surface area contributed by atoms with Crippen LogP contribution in [0, 0.1) is 0 Å². The third kappa shape index (κ3) is 6.80. The summed E-state index contributed by atoms with van der Waals surface area (Å²) in [5.74, 6) is -0.357. The van der Waals surface area contributed by atoms with Gasteiger partial charge in [0.2, 0.25) is 0 Å². The van der Waals surface area contributed by atoms with Crippen LogP contribution in [0.15, 0.2) is 0 Å². The van der Waals surface area contributed by atoms with Crippen LogP contribution in [0.5, 0.6) is 0 Å². The Labute approximate surface area is 98.5 Å². The smallest absolute Gasteiger partial charge is 0.325 e. The summed E-state index contributed by atoms with van der Waals surface area (Å²) in [5.41, 5.74) is 4.84. The minimum Gasteiger partial charge on any atom is -0.468 e. The van der Waals surface area contributed by atoms with E-state index in [1.165, 1.54) is 7.11 Å². The van der Waals surface area contributed by atoms with Crippen LogP contribution in [-0.4, -0.2) is 30.8 Å². The number of carbonyl (C=O) groups is 1. The molecular formula is C12H25NO3. The first-order valence-electron chi connectivity index (χ1n) is 5.70. The standard InChI is InChI=1S/C12H25NO3/c1-11(2,3)16-9-7-6-8-12(4,13)10(14)15-5/h6-9,13H2,1-5H3. The van der Waals surface area contributed by atoms with Crippen molar-refractivity contribution in [1.82, 2.24) is 0 Å². The predicted molar refractivity (Wildman–Crippen MR) is 64.2 cm³/mol. The molecule has 4 nitrogen and oxygen atoms in total. The Morgan fingerprint density at radius 2 is 1.75 bits per heavy atom. The second kappa shape index (κ2) is 6.21. The van der Waals surface area contributed by atoms with E-state index >= 15 is 0 Å². The molecule has 4 heteroatoms. The Bertz CT molecular complexity index is 219. The number of hydrogen-bond donors (Lipinski definition) is 1. The minimum absolute atomic E-state index is 0.103. The maximum absolute atomic E-state index is 11.3. The van der Waals surface area contributed by atoms with Crippen LogP contribution in [0.1, 0.15) is 47.0 Å². The maximum Gasteiger partial charge on any atom is 0.325 e. The highest BCUT2D eigenvalue weighted by Gasteiger charge is 2.28. The van der Waals surface area contributed by atoms with Gasteiger partial charge in [0.25, 0.3) is 0 Å². The van der Waals surface area contributed by atoms with Gasteiger partial charge in [-0.2, -0.15) is 0 Å². The van der Waals surface area contributed by atoms with Crippen molar-refractivity contribution < 1.29 is 14.3 Å². The third-order valence-corrected chi connectivity index (χ3v) is 2.28.